The molecule has 0 radical (unpaired) electrons. The zero-order valence-electron chi connectivity index (χ0n) is 10.9. The lowest BCUT2D eigenvalue weighted by molar-refractivity contribution is -0.130. The first-order valence-corrected chi connectivity index (χ1v) is 7.46. The van der Waals surface area contributed by atoms with Crippen molar-refractivity contribution in [3.05, 3.63) is 0 Å². The minimum absolute atomic E-state index is 0.195. The average Bonchev–Trinajstić information content (AvgIpc) is 2.89. The molecule has 0 spiro atoms. The normalized spacial score (nSPS) is 49.5. The second-order valence-corrected chi connectivity index (χ2v) is 6.80. The predicted octanol–water partition coefficient (Wildman–Crippen LogP) is 2.76. The van der Waals surface area contributed by atoms with Crippen molar-refractivity contribution in [3.8, 4) is 0 Å². The Morgan fingerprint density at radius 1 is 1.00 bits per heavy atom. The number of carbonyl (C=O) groups is 1. The Labute approximate surface area is 104 Å². The van der Waals surface area contributed by atoms with Crippen molar-refractivity contribution < 1.29 is 4.79 Å². The van der Waals surface area contributed by atoms with Crippen LogP contribution in [0.3, 0.4) is 0 Å². The summed E-state index contributed by atoms with van der Waals surface area (Å²) in [6.07, 6.45) is 8.51. The predicted molar refractivity (Wildman–Crippen MR) is 68.4 cm³/mol. The first-order valence-electron chi connectivity index (χ1n) is 7.46. The molecule has 3 saturated carbocycles. The molecule has 2 bridgehead atoms. The number of hydrogen-bond acceptors (Lipinski definition) is 2. The van der Waals surface area contributed by atoms with Gasteiger partial charge in [-0.1, -0.05) is 19.8 Å². The third kappa shape index (κ3) is 1.95. The lowest BCUT2D eigenvalue weighted by Gasteiger charge is -2.32. The van der Waals surface area contributed by atoms with Gasteiger partial charge in [0.1, 0.15) is 5.78 Å². The van der Waals surface area contributed by atoms with E-state index in [1.807, 2.05) is 0 Å². The molecule has 0 saturated heterocycles. The minimum atomic E-state index is 0.195. The third-order valence-corrected chi connectivity index (χ3v) is 5.73. The number of nitrogens with two attached hydrogens (primary N) is 1. The van der Waals surface area contributed by atoms with Crippen LogP contribution in [-0.4, -0.2) is 11.8 Å². The van der Waals surface area contributed by atoms with Gasteiger partial charge in [0.2, 0.25) is 0 Å². The first kappa shape index (κ1) is 11.7. The van der Waals surface area contributed by atoms with Crippen LogP contribution < -0.4 is 5.73 Å². The number of fused-ring (bicyclic) bond motifs is 2. The van der Waals surface area contributed by atoms with Gasteiger partial charge in [-0.2, -0.15) is 0 Å². The number of hydrogen-bond donors (Lipinski definition) is 1. The first-order chi connectivity index (χ1) is 8.16. The van der Waals surface area contributed by atoms with Gasteiger partial charge in [0.05, 0.1) is 0 Å². The standard InChI is InChI=1S/C15H25NO/c1-9-2-4-10(5-3-9)15(17)13-11-6-7-12(8-11)14(13)16/h9-14H,2-8,16H2,1H3. The van der Waals surface area contributed by atoms with Gasteiger partial charge >= 0.3 is 0 Å². The molecule has 2 heteroatoms. The van der Waals surface area contributed by atoms with Gasteiger partial charge in [0.25, 0.3) is 0 Å². The van der Waals surface area contributed by atoms with E-state index in [9.17, 15) is 4.79 Å². The van der Waals surface area contributed by atoms with E-state index < -0.39 is 0 Å². The highest BCUT2D eigenvalue weighted by atomic mass is 16.1. The summed E-state index contributed by atoms with van der Waals surface area (Å²) in [6.45, 7) is 2.31. The number of rotatable bonds is 2. The Morgan fingerprint density at radius 3 is 2.24 bits per heavy atom. The Kier molecular flexibility index (Phi) is 3.02. The van der Waals surface area contributed by atoms with Crippen molar-refractivity contribution in [2.24, 2.45) is 35.3 Å². The van der Waals surface area contributed by atoms with Crippen molar-refractivity contribution in [1.29, 1.82) is 0 Å². The summed E-state index contributed by atoms with van der Waals surface area (Å²) in [5.74, 6) is 3.25. The summed E-state index contributed by atoms with van der Waals surface area (Å²) < 4.78 is 0. The lowest BCUT2D eigenvalue weighted by atomic mass is 9.73. The molecule has 3 rings (SSSR count). The summed E-state index contributed by atoms with van der Waals surface area (Å²) in [5.41, 5.74) is 6.28. The molecule has 2 nitrogen and oxygen atoms in total. The van der Waals surface area contributed by atoms with E-state index in [4.69, 9.17) is 5.73 Å². The molecule has 0 aromatic heterocycles. The van der Waals surface area contributed by atoms with Crippen molar-refractivity contribution >= 4 is 5.78 Å². The van der Waals surface area contributed by atoms with Gasteiger partial charge in [-0.05, 0) is 49.9 Å². The smallest absolute Gasteiger partial charge is 0.140 e. The molecule has 0 aromatic carbocycles. The van der Waals surface area contributed by atoms with E-state index >= 15 is 0 Å². The quantitative estimate of drug-likeness (QED) is 0.799. The minimum Gasteiger partial charge on any atom is -0.327 e. The van der Waals surface area contributed by atoms with E-state index in [0.29, 0.717) is 23.5 Å². The molecule has 17 heavy (non-hydrogen) atoms. The molecule has 96 valence electrons. The molecule has 3 fully saturated rings. The van der Waals surface area contributed by atoms with Crippen LogP contribution in [0.5, 0.6) is 0 Å². The topological polar surface area (TPSA) is 43.1 Å². The summed E-state index contributed by atoms with van der Waals surface area (Å²) in [7, 11) is 0. The van der Waals surface area contributed by atoms with Gasteiger partial charge in [-0.3, -0.25) is 4.79 Å². The number of ketones is 1. The van der Waals surface area contributed by atoms with Crippen molar-refractivity contribution in [3.63, 3.8) is 0 Å². The monoisotopic (exact) mass is 235 g/mol. The van der Waals surface area contributed by atoms with Crippen LogP contribution in [0.2, 0.25) is 0 Å². The van der Waals surface area contributed by atoms with Gasteiger partial charge in [0.15, 0.2) is 0 Å². The zero-order chi connectivity index (χ0) is 12.0. The van der Waals surface area contributed by atoms with Crippen LogP contribution in [0.25, 0.3) is 0 Å². The van der Waals surface area contributed by atoms with Gasteiger partial charge in [0, 0.05) is 17.9 Å². The second-order valence-electron chi connectivity index (χ2n) is 6.80. The van der Waals surface area contributed by atoms with E-state index in [-0.39, 0.29) is 12.0 Å². The van der Waals surface area contributed by atoms with Crippen molar-refractivity contribution in [2.45, 2.75) is 57.9 Å². The van der Waals surface area contributed by atoms with E-state index in [0.717, 1.165) is 18.8 Å². The zero-order valence-corrected chi connectivity index (χ0v) is 10.9. The van der Waals surface area contributed by atoms with E-state index in [2.05, 4.69) is 6.92 Å². The maximum atomic E-state index is 12.6. The van der Waals surface area contributed by atoms with Gasteiger partial charge in [-0.15, -0.1) is 0 Å². The summed E-state index contributed by atoms with van der Waals surface area (Å²) >= 11 is 0. The molecular weight excluding hydrogens is 210 g/mol. The molecule has 3 aliphatic rings. The van der Waals surface area contributed by atoms with Crippen LogP contribution in [0, 0.1) is 29.6 Å². The van der Waals surface area contributed by atoms with Gasteiger partial charge < -0.3 is 5.73 Å². The Hall–Kier alpha value is -0.370. The fourth-order valence-electron chi connectivity index (χ4n) is 4.57. The highest BCUT2D eigenvalue weighted by Crippen LogP contribution is 2.49. The van der Waals surface area contributed by atoms with Crippen LogP contribution in [0.4, 0.5) is 0 Å². The van der Waals surface area contributed by atoms with Crippen molar-refractivity contribution in [1.82, 2.24) is 0 Å². The van der Waals surface area contributed by atoms with Crippen molar-refractivity contribution in [2.75, 3.05) is 0 Å². The SMILES string of the molecule is CC1CCC(C(=O)C2C3CCC(C3)C2N)CC1. The van der Waals surface area contributed by atoms with Crippen LogP contribution >= 0.6 is 0 Å². The fourth-order valence-corrected chi connectivity index (χ4v) is 4.57. The molecule has 4 unspecified atom stereocenters. The molecule has 2 N–H and O–H groups in total. The highest BCUT2D eigenvalue weighted by Gasteiger charge is 2.50. The molecule has 0 amide bonds. The molecule has 0 aromatic rings. The maximum Gasteiger partial charge on any atom is 0.140 e. The maximum absolute atomic E-state index is 12.6. The van der Waals surface area contributed by atoms with Crippen LogP contribution in [-0.2, 0) is 4.79 Å². The molecule has 3 aliphatic carbocycles. The highest BCUT2D eigenvalue weighted by molar-refractivity contribution is 5.85. The average molecular weight is 235 g/mol. The fraction of sp³-hybridized carbons (Fsp3) is 0.933. The Balaban J connectivity index is 1.66. The summed E-state index contributed by atoms with van der Waals surface area (Å²) in [5, 5.41) is 0. The largest absolute Gasteiger partial charge is 0.327 e. The Bertz CT molecular complexity index is 304. The second kappa shape index (κ2) is 4.38. The summed E-state index contributed by atoms with van der Waals surface area (Å²) in [4.78, 5) is 12.6. The number of Topliss-reactive ketones (excluding diaryl/α,β-unsaturated/α-hetero) is 1. The number of carbonyl (C=O) groups excluding carboxylic acids is 1. The summed E-state index contributed by atoms with van der Waals surface area (Å²) in [6, 6.07) is 0.195. The van der Waals surface area contributed by atoms with E-state index in [1.165, 1.54) is 32.1 Å². The van der Waals surface area contributed by atoms with Crippen LogP contribution in [0.15, 0.2) is 0 Å². The third-order valence-electron chi connectivity index (χ3n) is 5.73. The molecule has 4 atom stereocenters. The van der Waals surface area contributed by atoms with Gasteiger partial charge in [-0.25, -0.2) is 0 Å². The Morgan fingerprint density at radius 2 is 1.65 bits per heavy atom. The molecular formula is C15H25NO. The van der Waals surface area contributed by atoms with Crippen LogP contribution in [0.1, 0.15) is 51.9 Å². The van der Waals surface area contributed by atoms with E-state index in [1.54, 1.807) is 0 Å². The molecule has 0 heterocycles. The molecule has 0 aliphatic heterocycles. The lowest BCUT2D eigenvalue weighted by Crippen LogP contribution is -2.43.